The van der Waals surface area contributed by atoms with Gasteiger partial charge in [-0.1, -0.05) is 32.0 Å². The SMILES string of the molecule is CCCN(CCC)C(=O)c1cnc2ccccc2c1.Cl. The predicted octanol–water partition coefficient (Wildman–Crippen LogP) is 3.92. The van der Waals surface area contributed by atoms with E-state index in [1.165, 1.54) is 0 Å². The lowest BCUT2D eigenvalue weighted by atomic mass is 10.1. The van der Waals surface area contributed by atoms with Crippen molar-refractivity contribution in [2.45, 2.75) is 26.7 Å². The van der Waals surface area contributed by atoms with E-state index in [1.807, 2.05) is 35.2 Å². The minimum Gasteiger partial charge on any atom is -0.339 e. The molecule has 4 heteroatoms. The third-order valence-corrected chi connectivity index (χ3v) is 3.11. The van der Waals surface area contributed by atoms with Crippen LogP contribution in [0.1, 0.15) is 37.0 Å². The number of amides is 1. The number of hydrogen-bond donors (Lipinski definition) is 0. The van der Waals surface area contributed by atoms with Gasteiger partial charge in [0.15, 0.2) is 0 Å². The normalized spacial score (nSPS) is 10.1. The van der Waals surface area contributed by atoms with E-state index >= 15 is 0 Å². The van der Waals surface area contributed by atoms with Crippen LogP contribution in [0.5, 0.6) is 0 Å². The van der Waals surface area contributed by atoms with Crippen LogP contribution in [-0.4, -0.2) is 28.9 Å². The van der Waals surface area contributed by atoms with E-state index in [-0.39, 0.29) is 18.3 Å². The topological polar surface area (TPSA) is 33.2 Å². The number of aromatic nitrogens is 1. The second kappa shape index (κ2) is 7.85. The summed E-state index contributed by atoms with van der Waals surface area (Å²) in [6.07, 6.45) is 3.64. The molecule has 0 bridgehead atoms. The average Bonchev–Trinajstić information content (AvgIpc) is 2.46. The summed E-state index contributed by atoms with van der Waals surface area (Å²) in [6.45, 7) is 5.79. The second-order valence-corrected chi connectivity index (χ2v) is 4.71. The first-order valence-electron chi connectivity index (χ1n) is 6.90. The summed E-state index contributed by atoms with van der Waals surface area (Å²) >= 11 is 0. The molecule has 1 aromatic heterocycles. The Morgan fingerprint density at radius 1 is 1.15 bits per heavy atom. The molecule has 1 amide bonds. The molecule has 20 heavy (non-hydrogen) atoms. The van der Waals surface area contributed by atoms with Crippen LogP contribution in [0, 0.1) is 0 Å². The van der Waals surface area contributed by atoms with Crippen molar-refractivity contribution in [2.75, 3.05) is 13.1 Å². The number of halogens is 1. The van der Waals surface area contributed by atoms with Gasteiger partial charge in [-0.25, -0.2) is 0 Å². The molecule has 0 N–H and O–H groups in total. The van der Waals surface area contributed by atoms with Crippen molar-refractivity contribution in [3.8, 4) is 0 Å². The van der Waals surface area contributed by atoms with E-state index in [9.17, 15) is 4.79 Å². The largest absolute Gasteiger partial charge is 0.339 e. The zero-order valence-corrected chi connectivity index (χ0v) is 12.8. The lowest BCUT2D eigenvalue weighted by Crippen LogP contribution is -2.32. The molecule has 0 aliphatic carbocycles. The number of fused-ring (bicyclic) bond motifs is 1. The molecule has 108 valence electrons. The molecule has 1 aromatic carbocycles. The summed E-state index contributed by atoms with van der Waals surface area (Å²) in [5.41, 5.74) is 1.61. The fraction of sp³-hybridized carbons (Fsp3) is 0.375. The Hall–Kier alpha value is -1.61. The van der Waals surface area contributed by atoms with Gasteiger partial charge < -0.3 is 4.90 Å². The third kappa shape index (κ3) is 3.70. The molecule has 0 fully saturated rings. The Balaban J connectivity index is 0.00000200. The van der Waals surface area contributed by atoms with Crippen molar-refractivity contribution >= 4 is 29.2 Å². The van der Waals surface area contributed by atoms with Gasteiger partial charge in [-0.3, -0.25) is 9.78 Å². The number of hydrogen-bond acceptors (Lipinski definition) is 2. The molecule has 0 saturated heterocycles. The van der Waals surface area contributed by atoms with Crippen LogP contribution in [0.3, 0.4) is 0 Å². The molecule has 0 unspecified atom stereocenters. The summed E-state index contributed by atoms with van der Waals surface area (Å²) in [5, 5.41) is 1.02. The standard InChI is InChI=1S/C16H20N2O.ClH/c1-3-9-18(10-4-2)16(19)14-11-13-7-5-6-8-15(13)17-12-14;/h5-8,11-12H,3-4,9-10H2,1-2H3;1H. The maximum atomic E-state index is 12.5. The highest BCUT2D eigenvalue weighted by molar-refractivity contribution is 5.97. The van der Waals surface area contributed by atoms with Crippen LogP contribution in [0.25, 0.3) is 10.9 Å². The molecule has 0 aliphatic heterocycles. The van der Waals surface area contributed by atoms with E-state index in [2.05, 4.69) is 18.8 Å². The number of benzene rings is 1. The van der Waals surface area contributed by atoms with Crippen LogP contribution in [0.15, 0.2) is 36.5 Å². The summed E-state index contributed by atoms with van der Waals surface area (Å²) in [6, 6.07) is 9.80. The number of nitrogens with zero attached hydrogens (tertiary/aromatic N) is 2. The number of para-hydroxylation sites is 1. The van der Waals surface area contributed by atoms with Crippen molar-refractivity contribution < 1.29 is 4.79 Å². The van der Waals surface area contributed by atoms with E-state index in [0.29, 0.717) is 5.56 Å². The van der Waals surface area contributed by atoms with Gasteiger partial charge in [-0.05, 0) is 25.0 Å². The van der Waals surface area contributed by atoms with Crippen LogP contribution in [0.2, 0.25) is 0 Å². The first-order valence-corrected chi connectivity index (χ1v) is 6.90. The van der Waals surface area contributed by atoms with Crippen molar-refractivity contribution in [3.05, 3.63) is 42.1 Å². The van der Waals surface area contributed by atoms with Crippen LogP contribution in [0.4, 0.5) is 0 Å². The van der Waals surface area contributed by atoms with E-state index < -0.39 is 0 Å². The molecular formula is C16H21ClN2O. The summed E-state index contributed by atoms with van der Waals surface area (Å²) < 4.78 is 0. The molecule has 0 atom stereocenters. The fourth-order valence-corrected chi connectivity index (χ4v) is 2.23. The van der Waals surface area contributed by atoms with Gasteiger partial charge in [0.05, 0.1) is 11.1 Å². The van der Waals surface area contributed by atoms with Crippen molar-refractivity contribution in [3.63, 3.8) is 0 Å². The zero-order valence-electron chi connectivity index (χ0n) is 12.0. The first-order chi connectivity index (χ1) is 9.26. The average molecular weight is 293 g/mol. The second-order valence-electron chi connectivity index (χ2n) is 4.71. The highest BCUT2D eigenvalue weighted by atomic mass is 35.5. The third-order valence-electron chi connectivity index (χ3n) is 3.11. The number of rotatable bonds is 5. The highest BCUT2D eigenvalue weighted by Crippen LogP contribution is 2.14. The highest BCUT2D eigenvalue weighted by Gasteiger charge is 2.14. The van der Waals surface area contributed by atoms with E-state index in [1.54, 1.807) is 6.20 Å². The van der Waals surface area contributed by atoms with Gasteiger partial charge in [0.2, 0.25) is 0 Å². The smallest absolute Gasteiger partial charge is 0.255 e. The van der Waals surface area contributed by atoms with Gasteiger partial charge in [-0.2, -0.15) is 0 Å². The lowest BCUT2D eigenvalue weighted by molar-refractivity contribution is 0.0755. The summed E-state index contributed by atoms with van der Waals surface area (Å²) in [4.78, 5) is 18.7. The molecule has 0 aliphatic rings. The fourth-order valence-electron chi connectivity index (χ4n) is 2.23. The maximum Gasteiger partial charge on any atom is 0.255 e. The molecule has 0 spiro atoms. The number of carbonyl (C=O) groups is 1. The van der Waals surface area contributed by atoms with Gasteiger partial charge in [0, 0.05) is 24.7 Å². The maximum absolute atomic E-state index is 12.5. The van der Waals surface area contributed by atoms with Crippen LogP contribution < -0.4 is 0 Å². The van der Waals surface area contributed by atoms with Gasteiger partial charge in [0.1, 0.15) is 0 Å². The monoisotopic (exact) mass is 292 g/mol. The van der Waals surface area contributed by atoms with Crippen molar-refractivity contribution in [2.24, 2.45) is 0 Å². The molecular weight excluding hydrogens is 272 g/mol. The quantitative estimate of drug-likeness (QED) is 0.837. The number of carbonyl (C=O) groups excluding carboxylic acids is 1. The van der Waals surface area contributed by atoms with Crippen LogP contribution >= 0.6 is 12.4 Å². The Morgan fingerprint density at radius 3 is 2.45 bits per heavy atom. The molecule has 2 rings (SSSR count). The van der Waals surface area contributed by atoms with Gasteiger partial charge >= 0.3 is 0 Å². The van der Waals surface area contributed by atoms with Crippen LogP contribution in [-0.2, 0) is 0 Å². The van der Waals surface area contributed by atoms with Crippen molar-refractivity contribution in [1.82, 2.24) is 9.88 Å². The van der Waals surface area contributed by atoms with Crippen molar-refractivity contribution in [1.29, 1.82) is 0 Å². The minimum atomic E-state index is 0. The minimum absolute atomic E-state index is 0. The number of pyridine rings is 1. The zero-order chi connectivity index (χ0) is 13.7. The Kier molecular flexibility index (Phi) is 6.46. The van der Waals surface area contributed by atoms with E-state index in [4.69, 9.17) is 0 Å². The molecule has 0 saturated carbocycles. The molecule has 1 heterocycles. The van der Waals surface area contributed by atoms with Gasteiger partial charge in [-0.15, -0.1) is 12.4 Å². The molecule has 2 aromatic rings. The van der Waals surface area contributed by atoms with E-state index in [0.717, 1.165) is 36.8 Å². The Bertz CT molecular complexity index is 565. The first kappa shape index (κ1) is 16.4. The Labute approximate surface area is 126 Å². The molecule has 0 radical (unpaired) electrons. The summed E-state index contributed by atoms with van der Waals surface area (Å²) in [5.74, 6) is 0.0851. The summed E-state index contributed by atoms with van der Waals surface area (Å²) in [7, 11) is 0. The predicted molar refractivity (Wildman–Crippen MR) is 85.5 cm³/mol. The lowest BCUT2D eigenvalue weighted by Gasteiger charge is -2.21. The Morgan fingerprint density at radius 2 is 1.80 bits per heavy atom. The van der Waals surface area contributed by atoms with Gasteiger partial charge in [0.25, 0.3) is 5.91 Å². The molecule has 3 nitrogen and oxygen atoms in total.